The standard InChI is InChI=1S/C21H25ClN2O/c1-24(2)19-11-3-15(4-12-19)13-14-23-21(25)20(16-5-6-16)17-7-9-18(22)10-8-17/h3-4,7-12,16,20H,5-6,13-14H2,1-2H3,(H,23,25). The van der Waals surface area contributed by atoms with Crippen molar-refractivity contribution >= 4 is 23.2 Å². The predicted molar refractivity (Wildman–Crippen MR) is 104 cm³/mol. The number of halogens is 1. The van der Waals surface area contributed by atoms with E-state index in [-0.39, 0.29) is 11.8 Å². The van der Waals surface area contributed by atoms with E-state index in [2.05, 4.69) is 34.5 Å². The van der Waals surface area contributed by atoms with Gasteiger partial charge in [-0.15, -0.1) is 0 Å². The summed E-state index contributed by atoms with van der Waals surface area (Å²) in [5.74, 6) is 0.559. The second-order valence-electron chi connectivity index (χ2n) is 6.97. The first-order chi connectivity index (χ1) is 12.0. The molecule has 1 aliphatic carbocycles. The molecule has 0 radical (unpaired) electrons. The van der Waals surface area contributed by atoms with Gasteiger partial charge in [-0.2, -0.15) is 0 Å². The van der Waals surface area contributed by atoms with Crippen molar-refractivity contribution in [2.75, 3.05) is 25.5 Å². The van der Waals surface area contributed by atoms with E-state index in [1.54, 1.807) is 0 Å². The highest BCUT2D eigenvalue weighted by atomic mass is 35.5. The zero-order valence-electron chi connectivity index (χ0n) is 14.8. The van der Waals surface area contributed by atoms with E-state index >= 15 is 0 Å². The van der Waals surface area contributed by atoms with Crippen LogP contribution < -0.4 is 10.2 Å². The van der Waals surface area contributed by atoms with Crippen molar-refractivity contribution in [3.63, 3.8) is 0 Å². The van der Waals surface area contributed by atoms with Crippen molar-refractivity contribution in [2.24, 2.45) is 5.92 Å². The minimum absolute atomic E-state index is 0.0478. The Bertz CT molecular complexity index is 706. The number of nitrogens with one attached hydrogen (secondary N) is 1. The normalized spacial score (nSPS) is 14.8. The van der Waals surface area contributed by atoms with Crippen LogP contribution in [0.5, 0.6) is 0 Å². The minimum atomic E-state index is -0.0478. The number of anilines is 1. The Kier molecular flexibility index (Phi) is 5.64. The van der Waals surface area contributed by atoms with E-state index in [1.165, 1.54) is 11.3 Å². The Labute approximate surface area is 155 Å². The van der Waals surface area contributed by atoms with Crippen molar-refractivity contribution < 1.29 is 4.79 Å². The Morgan fingerprint density at radius 1 is 1.12 bits per heavy atom. The number of hydrogen-bond acceptors (Lipinski definition) is 2. The van der Waals surface area contributed by atoms with Crippen LogP contribution in [-0.4, -0.2) is 26.5 Å². The molecule has 1 amide bonds. The Morgan fingerprint density at radius 3 is 2.32 bits per heavy atom. The van der Waals surface area contributed by atoms with Crippen LogP contribution in [0.4, 0.5) is 5.69 Å². The van der Waals surface area contributed by atoms with E-state index in [4.69, 9.17) is 11.6 Å². The molecule has 0 bridgehead atoms. The van der Waals surface area contributed by atoms with E-state index < -0.39 is 0 Å². The molecular weight excluding hydrogens is 332 g/mol. The van der Waals surface area contributed by atoms with Crippen LogP contribution in [0, 0.1) is 5.92 Å². The smallest absolute Gasteiger partial charge is 0.227 e. The summed E-state index contributed by atoms with van der Waals surface area (Å²) < 4.78 is 0. The second kappa shape index (κ2) is 7.92. The second-order valence-corrected chi connectivity index (χ2v) is 7.40. The quantitative estimate of drug-likeness (QED) is 0.804. The molecular formula is C21H25ClN2O. The van der Waals surface area contributed by atoms with Gasteiger partial charge in [0.25, 0.3) is 0 Å². The molecule has 1 fully saturated rings. The van der Waals surface area contributed by atoms with Crippen LogP contribution in [0.2, 0.25) is 5.02 Å². The van der Waals surface area contributed by atoms with Gasteiger partial charge in [0.15, 0.2) is 0 Å². The van der Waals surface area contributed by atoms with Gasteiger partial charge in [-0.05, 0) is 60.6 Å². The summed E-state index contributed by atoms with van der Waals surface area (Å²) in [4.78, 5) is 14.8. The fourth-order valence-electron chi connectivity index (χ4n) is 3.14. The number of carbonyl (C=O) groups is 1. The van der Waals surface area contributed by atoms with Gasteiger partial charge in [0.2, 0.25) is 5.91 Å². The molecule has 3 rings (SSSR count). The molecule has 25 heavy (non-hydrogen) atoms. The Balaban J connectivity index is 1.56. The number of amides is 1. The first-order valence-electron chi connectivity index (χ1n) is 8.84. The molecule has 1 unspecified atom stereocenters. The highest BCUT2D eigenvalue weighted by molar-refractivity contribution is 6.30. The zero-order valence-corrected chi connectivity index (χ0v) is 15.6. The SMILES string of the molecule is CN(C)c1ccc(CCNC(=O)C(c2ccc(Cl)cc2)C2CC2)cc1. The lowest BCUT2D eigenvalue weighted by molar-refractivity contribution is -0.123. The maximum Gasteiger partial charge on any atom is 0.227 e. The molecule has 4 heteroatoms. The maximum atomic E-state index is 12.7. The summed E-state index contributed by atoms with van der Waals surface area (Å²) in [6.45, 7) is 0.664. The van der Waals surface area contributed by atoms with Crippen LogP contribution in [0.3, 0.4) is 0 Å². The van der Waals surface area contributed by atoms with Crippen molar-refractivity contribution in [3.05, 3.63) is 64.7 Å². The maximum absolute atomic E-state index is 12.7. The lowest BCUT2D eigenvalue weighted by Crippen LogP contribution is -2.32. The summed E-state index contributed by atoms with van der Waals surface area (Å²) in [6.07, 6.45) is 3.11. The highest BCUT2D eigenvalue weighted by Gasteiger charge is 2.37. The Morgan fingerprint density at radius 2 is 1.76 bits per heavy atom. The third-order valence-corrected chi connectivity index (χ3v) is 5.02. The highest BCUT2D eigenvalue weighted by Crippen LogP contribution is 2.42. The number of carbonyl (C=O) groups excluding carboxylic acids is 1. The van der Waals surface area contributed by atoms with Crippen molar-refractivity contribution in [3.8, 4) is 0 Å². The lowest BCUT2D eigenvalue weighted by Gasteiger charge is -2.17. The minimum Gasteiger partial charge on any atom is -0.378 e. The molecule has 2 aromatic carbocycles. The van der Waals surface area contributed by atoms with Gasteiger partial charge in [-0.25, -0.2) is 0 Å². The molecule has 3 nitrogen and oxygen atoms in total. The van der Waals surface area contributed by atoms with Gasteiger partial charge >= 0.3 is 0 Å². The molecule has 2 aromatic rings. The van der Waals surface area contributed by atoms with Crippen LogP contribution in [0.15, 0.2) is 48.5 Å². The summed E-state index contributed by atoms with van der Waals surface area (Å²) in [6, 6.07) is 16.2. The largest absolute Gasteiger partial charge is 0.378 e. The zero-order chi connectivity index (χ0) is 17.8. The van der Waals surface area contributed by atoms with Crippen LogP contribution in [-0.2, 0) is 11.2 Å². The van der Waals surface area contributed by atoms with Gasteiger partial charge in [-0.3, -0.25) is 4.79 Å². The third kappa shape index (κ3) is 4.76. The summed E-state index contributed by atoms with van der Waals surface area (Å²) in [5.41, 5.74) is 3.49. The number of hydrogen-bond donors (Lipinski definition) is 1. The molecule has 1 N–H and O–H groups in total. The molecule has 1 atom stereocenters. The molecule has 0 heterocycles. The number of benzene rings is 2. The third-order valence-electron chi connectivity index (χ3n) is 4.77. The van der Waals surface area contributed by atoms with E-state index in [0.29, 0.717) is 17.5 Å². The van der Waals surface area contributed by atoms with Gasteiger partial charge in [0.1, 0.15) is 0 Å². The number of nitrogens with zero attached hydrogens (tertiary/aromatic N) is 1. The molecule has 1 aliphatic rings. The predicted octanol–water partition coefficient (Wildman–Crippen LogP) is 4.26. The molecule has 0 saturated heterocycles. The van der Waals surface area contributed by atoms with Crippen molar-refractivity contribution in [1.82, 2.24) is 5.32 Å². The van der Waals surface area contributed by atoms with E-state index in [9.17, 15) is 4.79 Å². The van der Waals surface area contributed by atoms with E-state index in [0.717, 1.165) is 24.8 Å². The molecule has 0 aromatic heterocycles. The lowest BCUT2D eigenvalue weighted by atomic mass is 9.93. The van der Waals surface area contributed by atoms with Crippen LogP contribution >= 0.6 is 11.6 Å². The average molecular weight is 357 g/mol. The summed E-state index contributed by atoms with van der Waals surface area (Å²) in [7, 11) is 4.06. The molecule has 0 aliphatic heterocycles. The van der Waals surface area contributed by atoms with Crippen molar-refractivity contribution in [2.45, 2.75) is 25.2 Å². The summed E-state index contributed by atoms with van der Waals surface area (Å²) >= 11 is 5.97. The molecule has 0 spiro atoms. The first-order valence-corrected chi connectivity index (χ1v) is 9.22. The first kappa shape index (κ1) is 17.8. The number of rotatable bonds is 7. The van der Waals surface area contributed by atoms with Crippen LogP contribution in [0.25, 0.3) is 0 Å². The molecule has 1 saturated carbocycles. The van der Waals surface area contributed by atoms with E-state index in [1.807, 2.05) is 38.4 Å². The van der Waals surface area contributed by atoms with Gasteiger partial charge in [-0.1, -0.05) is 35.9 Å². The van der Waals surface area contributed by atoms with Crippen molar-refractivity contribution in [1.29, 1.82) is 0 Å². The topological polar surface area (TPSA) is 32.3 Å². The molecule has 132 valence electrons. The van der Waals surface area contributed by atoms with Crippen LogP contribution in [0.1, 0.15) is 29.9 Å². The fraction of sp³-hybridized carbons (Fsp3) is 0.381. The Hall–Kier alpha value is -2.00. The average Bonchev–Trinajstić information content (AvgIpc) is 3.42. The summed E-state index contributed by atoms with van der Waals surface area (Å²) in [5, 5.41) is 3.83. The van der Waals surface area contributed by atoms with Gasteiger partial charge in [0, 0.05) is 31.4 Å². The monoisotopic (exact) mass is 356 g/mol. The van der Waals surface area contributed by atoms with Gasteiger partial charge in [0.05, 0.1) is 5.92 Å². The fourth-order valence-corrected chi connectivity index (χ4v) is 3.26. The van der Waals surface area contributed by atoms with Gasteiger partial charge < -0.3 is 10.2 Å².